The Bertz CT molecular complexity index is 952. The number of rotatable bonds is 4. The first-order valence-electron chi connectivity index (χ1n) is 7.16. The third-order valence-electron chi connectivity index (χ3n) is 3.35. The maximum absolute atomic E-state index is 12.5. The van der Waals surface area contributed by atoms with Crippen LogP contribution in [0.25, 0.3) is 6.08 Å². The fraction of sp³-hybridized carbons (Fsp3) is 0.118. The number of halogens is 4. The molecule has 2 rings (SSSR count). The number of aryl methyl sites for hydroxylation is 1. The van der Waals surface area contributed by atoms with Crippen LogP contribution >= 0.6 is 15.9 Å². The van der Waals surface area contributed by atoms with Crippen LogP contribution in [0.15, 0.2) is 52.3 Å². The molecule has 0 saturated heterocycles. The quantitative estimate of drug-likeness (QED) is 0.749. The highest BCUT2D eigenvalue weighted by Gasteiger charge is 2.29. The zero-order valence-electron chi connectivity index (χ0n) is 13.3. The highest BCUT2D eigenvalue weighted by atomic mass is 79.9. The summed E-state index contributed by atoms with van der Waals surface area (Å²) in [5.41, 5.74) is 0.186. The molecule has 26 heavy (non-hydrogen) atoms. The molecular weight excluding hydrogens is 435 g/mol. The van der Waals surface area contributed by atoms with Crippen LogP contribution in [0, 0.1) is 6.92 Å². The second kappa shape index (κ2) is 7.63. The number of amides is 1. The summed E-state index contributed by atoms with van der Waals surface area (Å²) in [6.07, 6.45) is -3.37. The second-order valence-corrected chi connectivity index (χ2v) is 7.84. The highest BCUT2D eigenvalue weighted by molar-refractivity contribution is 9.10. The average Bonchev–Trinajstić information content (AvgIpc) is 2.52. The van der Waals surface area contributed by atoms with Crippen LogP contribution in [0.2, 0.25) is 0 Å². The monoisotopic (exact) mass is 447 g/mol. The number of nitrogens with one attached hydrogen (secondary N) is 1. The molecule has 138 valence electrons. The van der Waals surface area contributed by atoms with Crippen LogP contribution in [0.4, 0.5) is 13.2 Å². The fourth-order valence-corrected chi connectivity index (χ4v) is 3.30. The van der Waals surface area contributed by atoms with Crippen molar-refractivity contribution in [3.05, 3.63) is 74.6 Å². The number of hydrogen-bond acceptors (Lipinski definition) is 3. The standard InChI is InChI=1S/C17H13BrF3NO3S/c1-11-10-14(18)6-7-15(11)16(23)22-26(24,25)9-8-12-2-4-13(5-3-12)17(19,20)21/h2-10H,1H3,(H,22,23)/b9-8+. The lowest BCUT2D eigenvalue weighted by Gasteiger charge is -2.07. The van der Waals surface area contributed by atoms with Crippen molar-refractivity contribution in [1.82, 2.24) is 4.72 Å². The molecule has 0 saturated carbocycles. The van der Waals surface area contributed by atoms with Crippen LogP contribution in [0.3, 0.4) is 0 Å². The SMILES string of the molecule is Cc1cc(Br)ccc1C(=O)NS(=O)(=O)/C=C/c1ccc(C(F)(F)F)cc1. The first-order valence-corrected chi connectivity index (χ1v) is 9.50. The number of hydrogen-bond donors (Lipinski definition) is 1. The minimum absolute atomic E-state index is 0.194. The normalized spacial score (nSPS) is 12.3. The second-order valence-electron chi connectivity index (χ2n) is 5.36. The van der Waals surface area contributed by atoms with Gasteiger partial charge in [-0.05, 0) is 54.5 Å². The van der Waals surface area contributed by atoms with Crippen molar-refractivity contribution < 1.29 is 26.4 Å². The Balaban J connectivity index is 2.12. The predicted octanol–water partition coefficient (Wildman–Crippen LogP) is 4.51. The van der Waals surface area contributed by atoms with Gasteiger partial charge in [-0.3, -0.25) is 4.79 Å². The van der Waals surface area contributed by atoms with Gasteiger partial charge in [0.1, 0.15) is 0 Å². The van der Waals surface area contributed by atoms with E-state index in [0.29, 0.717) is 5.56 Å². The van der Waals surface area contributed by atoms with E-state index >= 15 is 0 Å². The average molecular weight is 448 g/mol. The van der Waals surface area contributed by atoms with E-state index in [4.69, 9.17) is 0 Å². The summed E-state index contributed by atoms with van der Waals surface area (Å²) >= 11 is 3.24. The van der Waals surface area contributed by atoms with Gasteiger partial charge in [-0.15, -0.1) is 0 Å². The van der Waals surface area contributed by atoms with E-state index in [0.717, 1.165) is 40.2 Å². The van der Waals surface area contributed by atoms with E-state index in [-0.39, 0.29) is 11.1 Å². The van der Waals surface area contributed by atoms with Crippen molar-refractivity contribution >= 4 is 37.9 Å². The Hall–Kier alpha value is -2.13. The smallest absolute Gasteiger partial charge is 0.268 e. The summed E-state index contributed by atoms with van der Waals surface area (Å²) in [4.78, 5) is 12.1. The molecule has 4 nitrogen and oxygen atoms in total. The minimum atomic E-state index is -4.47. The van der Waals surface area contributed by atoms with Gasteiger partial charge in [0, 0.05) is 10.0 Å². The van der Waals surface area contributed by atoms with E-state index in [1.54, 1.807) is 19.1 Å². The number of carbonyl (C=O) groups excluding carboxylic acids is 1. The van der Waals surface area contributed by atoms with Gasteiger partial charge in [0.15, 0.2) is 0 Å². The lowest BCUT2D eigenvalue weighted by molar-refractivity contribution is -0.137. The topological polar surface area (TPSA) is 63.2 Å². The summed E-state index contributed by atoms with van der Waals surface area (Å²) in [5.74, 6) is -0.799. The zero-order chi connectivity index (χ0) is 19.5. The number of alkyl halides is 3. The van der Waals surface area contributed by atoms with Gasteiger partial charge in [-0.1, -0.05) is 28.1 Å². The van der Waals surface area contributed by atoms with E-state index in [9.17, 15) is 26.4 Å². The minimum Gasteiger partial charge on any atom is -0.268 e. The highest BCUT2D eigenvalue weighted by Crippen LogP contribution is 2.29. The van der Waals surface area contributed by atoms with Crippen LogP contribution in [-0.2, 0) is 16.2 Å². The van der Waals surface area contributed by atoms with Crippen molar-refractivity contribution in [2.75, 3.05) is 0 Å². The molecule has 0 aliphatic rings. The Morgan fingerprint density at radius 3 is 2.27 bits per heavy atom. The van der Waals surface area contributed by atoms with Crippen molar-refractivity contribution in [2.45, 2.75) is 13.1 Å². The molecule has 0 radical (unpaired) electrons. The van der Waals surface area contributed by atoms with E-state index in [1.165, 1.54) is 6.07 Å². The maximum Gasteiger partial charge on any atom is 0.416 e. The molecule has 0 spiro atoms. The van der Waals surface area contributed by atoms with E-state index in [1.807, 2.05) is 4.72 Å². The van der Waals surface area contributed by atoms with Crippen LogP contribution in [-0.4, -0.2) is 14.3 Å². The molecule has 0 fully saturated rings. The van der Waals surface area contributed by atoms with Crippen molar-refractivity contribution in [3.8, 4) is 0 Å². The van der Waals surface area contributed by atoms with Crippen molar-refractivity contribution in [3.63, 3.8) is 0 Å². The fourth-order valence-electron chi connectivity index (χ4n) is 2.05. The number of sulfonamides is 1. The Morgan fingerprint density at radius 2 is 1.73 bits per heavy atom. The third kappa shape index (κ3) is 5.43. The molecule has 2 aromatic rings. The summed E-state index contributed by atoms with van der Waals surface area (Å²) < 4.78 is 64.1. The van der Waals surface area contributed by atoms with Crippen LogP contribution in [0.5, 0.6) is 0 Å². The summed E-state index contributed by atoms with van der Waals surface area (Å²) in [7, 11) is -4.11. The van der Waals surface area contributed by atoms with E-state index < -0.39 is 27.7 Å². The van der Waals surface area contributed by atoms with Crippen molar-refractivity contribution in [2.24, 2.45) is 0 Å². The van der Waals surface area contributed by atoms with Gasteiger partial charge in [-0.2, -0.15) is 13.2 Å². The molecule has 0 aliphatic carbocycles. The van der Waals surface area contributed by atoms with Gasteiger partial charge in [0.25, 0.3) is 15.9 Å². The Labute approximate surface area is 156 Å². The molecular formula is C17H13BrF3NO3S. The molecule has 1 amide bonds. The molecule has 0 aliphatic heterocycles. The van der Waals surface area contributed by atoms with Gasteiger partial charge < -0.3 is 0 Å². The summed E-state index contributed by atoms with van der Waals surface area (Å²) in [6.45, 7) is 1.66. The number of benzene rings is 2. The first kappa shape index (κ1) is 20.2. The van der Waals surface area contributed by atoms with Gasteiger partial charge in [0.05, 0.1) is 11.0 Å². The molecule has 0 heterocycles. The van der Waals surface area contributed by atoms with Crippen LogP contribution in [0.1, 0.15) is 27.0 Å². The third-order valence-corrected chi connectivity index (χ3v) is 4.80. The molecule has 1 N–H and O–H groups in total. The molecule has 0 aromatic heterocycles. The maximum atomic E-state index is 12.5. The van der Waals surface area contributed by atoms with Crippen molar-refractivity contribution in [1.29, 1.82) is 0 Å². The molecule has 2 aromatic carbocycles. The molecule has 0 atom stereocenters. The molecule has 0 bridgehead atoms. The first-order chi connectivity index (χ1) is 12.0. The van der Waals surface area contributed by atoms with E-state index in [2.05, 4.69) is 15.9 Å². The molecule has 9 heteroatoms. The summed E-state index contributed by atoms with van der Waals surface area (Å²) in [6, 6.07) is 8.70. The largest absolute Gasteiger partial charge is 0.416 e. The lowest BCUT2D eigenvalue weighted by Crippen LogP contribution is -2.29. The zero-order valence-corrected chi connectivity index (χ0v) is 15.7. The van der Waals surface area contributed by atoms with Gasteiger partial charge in [0.2, 0.25) is 0 Å². The Kier molecular flexibility index (Phi) is 5.92. The molecule has 0 unspecified atom stereocenters. The van der Waals surface area contributed by atoms with Crippen LogP contribution < -0.4 is 4.72 Å². The van der Waals surface area contributed by atoms with Gasteiger partial charge in [-0.25, -0.2) is 13.1 Å². The Morgan fingerprint density at radius 1 is 1.12 bits per heavy atom. The number of carbonyl (C=O) groups is 1. The lowest BCUT2D eigenvalue weighted by atomic mass is 10.1. The predicted molar refractivity (Wildman–Crippen MR) is 95.7 cm³/mol. The summed E-state index contributed by atoms with van der Waals surface area (Å²) in [5, 5.41) is 0.724. The van der Waals surface area contributed by atoms with Gasteiger partial charge >= 0.3 is 6.18 Å².